The van der Waals surface area contributed by atoms with Crippen LogP contribution in [0.5, 0.6) is 0 Å². The Kier molecular flexibility index (Phi) is 28.9. The molecular formula is C86H108N22O8. The molecule has 5 aromatic heterocycles. The zero-order valence-electron chi connectivity index (χ0n) is 66.5. The Hall–Kier alpha value is -12.1. The average molecular weight is 1580 g/mol. The summed E-state index contributed by atoms with van der Waals surface area (Å²) in [4.78, 5) is 97.0. The van der Waals surface area contributed by atoms with Crippen LogP contribution < -0.4 is 34.0 Å². The number of likely N-dealkylation sites (N-methyl/N-ethyl adjacent to an activating group) is 1. The minimum absolute atomic E-state index is 0.0109. The summed E-state index contributed by atoms with van der Waals surface area (Å²) in [7, 11) is 2.07. The number of nitrogens with zero attached hydrogens (tertiary/aromatic N) is 16. The van der Waals surface area contributed by atoms with Gasteiger partial charge in [0.1, 0.15) is 17.3 Å². The number of anilines is 5. The lowest BCUT2D eigenvalue weighted by atomic mass is 9.89. The fraction of sp³-hybridized carbons (Fsp3) is 0.395. The Morgan fingerprint density at radius 3 is 0.888 bits per heavy atom. The van der Waals surface area contributed by atoms with E-state index in [9.17, 15) is 33.6 Å². The molecule has 6 aliphatic heterocycles. The van der Waals surface area contributed by atoms with Gasteiger partial charge in [-0.2, -0.15) is 25.5 Å². The third kappa shape index (κ3) is 22.7. The van der Waals surface area contributed by atoms with Crippen LogP contribution in [0.2, 0.25) is 0 Å². The largest absolute Gasteiger partial charge is 0.396 e. The minimum Gasteiger partial charge on any atom is -0.396 e. The van der Waals surface area contributed by atoms with Gasteiger partial charge in [-0.25, -0.2) is 23.4 Å². The van der Waals surface area contributed by atoms with Gasteiger partial charge in [-0.15, -0.1) is 0 Å². The summed E-state index contributed by atoms with van der Waals surface area (Å²) >= 11 is 0. The first-order valence-corrected chi connectivity index (χ1v) is 40.0. The van der Waals surface area contributed by atoms with E-state index in [2.05, 4.69) is 47.7 Å². The zero-order chi connectivity index (χ0) is 81.6. The number of rotatable bonds is 19. The molecule has 10 aromatic rings. The van der Waals surface area contributed by atoms with Gasteiger partial charge in [0.2, 0.25) is 23.6 Å². The van der Waals surface area contributed by atoms with Gasteiger partial charge in [-0.3, -0.25) is 38.5 Å². The first kappa shape index (κ1) is 83.3. The van der Waals surface area contributed by atoms with E-state index in [0.717, 1.165) is 133 Å². The number of para-hydroxylation sites is 5. The normalized spacial score (nSPS) is 16.4. The number of hydrogen-bond donors (Lipinski definition) is 6. The Bertz CT molecular complexity index is 4740. The Morgan fingerprint density at radius 2 is 0.603 bits per heavy atom. The number of nitrogens with two attached hydrogens (primary N) is 5. The van der Waals surface area contributed by atoms with Crippen molar-refractivity contribution in [2.45, 2.75) is 90.5 Å². The van der Waals surface area contributed by atoms with Gasteiger partial charge in [0.15, 0.2) is 0 Å². The number of ether oxygens (including phenoxy) is 1. The maximum Gasteiger partial charge on any atom is 0.228 e. The molecule has 0 atom stereocenters. The number of amides is 4. The lowest BCUT2D eigenvalue weighted by molar-refractivity contribution is -0.138. The molecule has 116 heavy (non-hydrogen) atoms. The molecule has 30 nitrogen and oxygen atoms in total. The average Bonchev–Trinajstić information content (AvgIpc) is 1.22. The Morgan fingerprint density at radius 1 is 0.345 bits per heavy atom. The predicted molar refractivity (Wildman–Crippen MR) is 446 cm³/mol. The maximum atomic E-state index is 12.7. The molecule has 610 valence electrons. The maximum absolute atomic E-state index is 12.7. The van der Waals surface area contributed by atoms with E-state index in [0.29, 0.717) is 115 Å². The van der Waals surface area contributed by atoms with Gasteiger partial charge in [0.25, 0.3) is 0 Å². The number of carbonyl (C=O) groups excluding carboxylic acids is 7. The Balaban J connectivity index is 0.000000134. The highest BCUT2D eigenvalue weighted by Gasteiger charge is 2.34. The van der Waals surface area contributed by atoms with Crippen molar-refractivity contribution in [2.24, 2.45) is 17.8 Å². The number of piperazine rings is 2. The number of nitrogens with one attached hydrogen (secondary N) is 1. The van der Waals surface area contributed by atoms with E-state index in [1.54, 1.807) is 82.9 Å². The summed E-state index contributed by atoms with van der Waals surface area (Å²) in [5.74, 6) is 1.13. The summed E-state index contributed by atoms with van der Waals surface area (Å²) in [6.07, 6.45) is 15.3. The van der Waals surface area contributed by atoms with Crippen molar-refractivity contribution in [3.05, 3.63) is 211 Å². The monoisotopic (exact) mass is 1580 g/mol. The second-order valence-electron chi connectivity index (χ2n) is 30.2. The zero-order valence-corrected chi connectivity index (χ0v) is 66.5. The number of benzene rings is 5. The van der Waals surface area contributed by atoms with Gasteiger partial charge < -0.3 is 63.2 Å². The number of likely N-dealkylation sites (tertiary alicyclic amines) is 2. The molecule has 6 fully saturated rings. The van der Waals surface area contributed by atoms with Crippen LogP contribution >= 0.6 is 0 Å². The van der Waals surface area contributed by atoms with Crippen molar-refractivity contribution in [3.8, 4) is 28.4 Å². The third-order valence-electron chi connectivity index (χ3n) is 22.1. The minimum atomic E-state index is -0.0122. The Labute approximate surface area is 676 Å². The van der Waals surface area contributed by atoms with E-state index in [4.69, 9.17) is 33.4 Å². The van der Waals surface area contributed by atoms with Crippen molar-refractivity contribution in [2.75, 3.05) is 141 Å². The van der Waals surface area contributed by atoms with Crippen LogP contribution in [0, 0.1) is 17.8 Å². The van der Waals surface area contributed by atoms with Crippen molar-refractivity contribution >= 4 is 69.4 Å². The predicted octanol–water partition coefficient (Wildman–Crippen LogP) is 6.53. The second-order valence-corrected chi connectivity index (χ2v) is 30.2. The van der Waals surface area contributed by atoms with Gasteiger partial charge in [-0.05, 0) is 132 Å². The molecule has 11 N–H and O–H groups in total. The molecule has 4 amide bonds. The molecule has 0 saturated carbocycles. The van der Waals surface area contributed by atoms with Crippen LogP contribution in [0.1, 0.15) is 80.8 Å². The van der Waals surface area contributed by atoms with E-state index < -0.39 is 0 Å². The summed E-state index contributed by atoms with van der Waals surface area (Å²) in [5, 5.41) is 25.6. The smallest absolute Gasteiger partial charge is 0.228 e. The van der Waals surface area contributed by atoms with E-state index in [1.165, 1.54) is 0 Å². The van der Waals surface area contributed by atoms with Crippen LogP contribution in [0.3, 0.4) is 0 Å². The van der Waals surface area contributed by atoms with Gasteiger partial charge in [-0.1, -0.05) is 91.0 Å². The molecule has 5 aromatic carbocycles. The molecule has 0 radical (unpaired) electrons. The van der Waals surface area contributed by atoms with Gasteiger partial charge in [0.05, 0.1) is 168 Å². The third-order valence-corrected chi connectivity index (χ3v) is 22.1. The molecule has 0 unspecified atom stereocenters. The molecule has 6 saturated heterocycles. The summed E-state index contributed by atoms with van der Waals surface area (Å²) in [5.41, 5.74) is 40.8. The summed E-state index contributed by atoms with van der Waals surface area (Å²) in [6.45, 7) is 15.6. The van der Waals surface area contributed by atoms with Crippen LogP contribution in [0.25, 0.3) is 28.4 Å². The lowest BCUT2D eigenvalue weighted by Gasteiger charge is -2.41. The van der Waals surface area contributed by atoms with Gasteiger partial charge >= 0.3 is 0 Å². The number of piperidine rings is 3. The number of Topliss-reactive ketones (excluding diaryl/α,β-unsaturated/α-hetero) is 3. The first-order valence-electron chi connectivity index (χ1n) is 40.0. The van der Waals surface area contributed by atoms with Crippen LogP contribution in [-0.2, 0) is 70.4 Å². The fourth-order valence-electron chi connectivity index (χ4n) is 14.8. The number of ketones is 3. The molecule has 6 aliphatic rings. The SMILES string of the molecule is CC(=O)N1CCC(C(=O)Cc2nn(-c3ccccc3)cc2N)CC1.CC(=O)N1CCN(C(=O)Cc2nn(-c3ccccc3)cc2N)CC1.CN1CCN(C(=O)Cc2nn(-c3ccccc3)cc2N)CC1.Nc1cn(-c2ccccc2)nc1CC(=O)C1CCN(C2COC2)CC1.Nc1cn(-c2ccccc2)nc1CC(=O)C1CCNCC1. The second kappa shape index (κ2) is 40.3. The fourth-order valence-corrected chi connectivity index (χ4v) is 14.8. The summed E-state index contributed by atoms with van der Waals surface area (Å²) in [6, 6.07) is 49.2. The van der Waals surface area contributed by atoms with E-state index in [-0.39, 0.29) is 78.0 Å². The molecule has 30 heteroatoms. The quantitative estimate of drug-likeness (QED) is 0.0501. The molecule has 11 heterocycles. The highest BCUT2D eigenvalue weighted by molar-refractivity contribution is 5.86. The summed E-state index contributed by atoms with van der Waals surface area (Å²) < 4.78 is 13.9. The lowest BCUT2D eigenvalue weighted by Crippen LogP contribution is -2.52. The molecule has 0 aliphatic carbocycles. The highest BCUT2D eigenvalue weighted by Crippen LogP contribution is 2.28. The topological polar surface area (TPSA) is 379 Å². The number of nitrogen functional groups attached to an aromatic ring is 5. The van der Waals surface area contributed by atoms with Crippen molar-refractivity contribution in [1.29, 1.82) is 0 Å². The molecule has 0 spiro atoms. The van der Waals surface area contributed by atoms with Crippen LogP contribution in [0.4, 0.5) is 28.4 Å². The van der Waals surface area contributed by atoms with Crippen molar-refractivity contribution < 1.29 is 38.3 Å². The van der Waals surface area contributed by atoms with Gasteiger partial charge in [0, 0.05) is 97.0 Å². The molecule has 16 rings (SSSR count). The van der Waals surface area contributed by atoms with E-state index >= 15 is 0 Å². The van der Waals surface area contributed by atoms with Crippen molar-refractivity contribution in [1.82, 2.24) is 83.6 Å². The van der Waals surface area contributed by atoms with Crippen LogP contribution in [-0.4, -0.2) is 237 Å². The van der Waals surface area contributed by atoms with Crippen LogP contribution in [0.15, 0.2) is 183 Å². The highest BCUT2D eigenvalue weighted by atomic mass is 16.5. The first-order chi connectivity index (χ1) is 56.2. The number of aromatic nitrogens is 10. The standard InChI is InChI=1S/C19H24N4O2.C18H22N4O2.C17H21N5O2.C16H21N5O.C16H20N4O/c20-17-11-23(15-4-2-1-3-5-15)21-18(17)10-19(24)14-6-8-22(9-7-14)16-12-25-13-16;1-13(23)21-9-7-14(8-10-21)18(24)11-17-16(19)12-22(20-17)15-5-3-2-4-6-15;1-13(23)20-7-9-21(10-8-20)17(24)11-16-15(18)12-22(19-16)14-5-3-2-4-6-14;1-19-7-9-20(10-8-19)16(22)11-15-14(17)12-21(18-15)13-5-3-2-4-6-13;17-14-11-20(13-4-2-1-3-5-13)19-15(14)10-16(21)12-6-8-18-9-7-12/h1-5,11,14,16H,6-10,12-13,20H2;2-6,12,14H,7-11,19H2,1H3;2-6,12H,7-11,18H2,1H3;2-6,12H,7-11,17H2,1H3;1-5,11-12,18H,6-10,17H2. The number of hydrogen-bond acceptors (Lipinski definition) is 21. The number of carbonyl (C=O) groups is 7. The molecular weight excluding hydrogens is 1470 g/mol. The van der Waals surface area contributed by atoms with E-state index in [1.807, 2.05) is 157 Å². The molecule has 0 bridgehead atoms. The van der Waals surface area contributed by atoms with Crippen molar-refractivity contribution in [3.63, 3.8) is 0 Å².